The van der Waals surface area contributed by atoms with Gasteiger partial charge in [0.1, 0.15) is 17.4 Å². The first-order valence-electron chi connectivity index (χ1n) is 6.55. The van der Waals surface area contributed by atoms with Crippen LogP contribution in [0.15, 0.2) is 28.7 Å². The fourth-order valence-corrected chi connectivity index (χ4v) is 2.07. The van der Waals surface area contributed by atoms with E-state index in [9.17, 15) is 4.79 Å². The van der Waals surface area contributed by atoms with Crippen LogP contribution in [0.2, 0.25) is 5.02 Å². The summed E-state index contributed by atoms with van der Waals surface area (Å²) in [7, 11) is 0. The molecule has 108 valence electrons. The molecule has 1 amide bonds. The third kappa shape index (κ3) is 3.65. The van der Waals surface area contributed by atoms with E-state index in [1.807, 2.05) is 18.2 Å². The van der Waals surface area contributed by atoms with E-state index in [0.29, 0.717) is 29.2 Å². The lowest BCUT2D eigenvalue weighted by Crippen LogP contribution is -2.12. The van der Waals surface area contributed by atoms with Crippen LogP contribution in [0.5, 0.6) is 0 Å². The molecule has 0 fully saturated rings. The normalized spacial score (nSPS) is 10.2. The minimum absolute atomic E-state index is 0.185. The highest BCUT2D eigenvalue weighted by molar-refractivity contribution is 6.30. The van der Waals surface area contributed by atoms with E-state index in [4.69, 9.17) is 21.3 Å². The molecule has 1 N–H and O–H groups in total. The van der Waals surface area contributed by atoms with Gasteiger partial charge in [0, 0.05) is 17.0 Å². The summed E-state index contributed by atoms with van der Waals surface area (Å²) in [5.74, 6) is 0.684. The van der Waals surface area contributed by atoms with E-state index >= 15 is 0 Å². The summed E-state index contributed by atoms with van der Waals surface area (Å²) in [5, 5.41) is 12.4. The first-order valence-corrected chi connectivity index (χ1v) is 6.93. The topological polar surface area (TPSA) is 66.0 Å². The number of nitriles is 1. The molecular formula is C16H15ClN2O2. The lowest BCUT2D eigenvalue weighted by molar-refractivity contribution is -0.116. The largest absolute Gasteiger partial charge is 0.444 e. The van der Waals surface area contributed by atoms with Crippen molar-refractivity contribution in [2.75, 3.05) is 5.32 Å². The van der Waals surface area contributed by atoms with Gasteiger partial charge >= 0.3 is 0 Å². The minimum Gasteiger partial charge on any atom is -0.444 e. The van der Waals surface area contributed by atoms with Crippen LogP contribution in [-0.4, -0.2) is 5.91 Å². The molecule has 1 aromatic carbocycles. The number of furan rings is 1. The average Bonchev–Trinajstić information content (AvgIpc) is 2.72. The Hall–Kier alpha value is -2.25. The second kappa shape index (κ2) is 6.47. The molecule has 0 atom stereocenters. The molecule has 0 bridgehead atoms. The number of aryl methyl sites for hydroxylation is 2. The quantitative estimate of drug-likeness (QED) is 0.928. The standard InChI is InChI=1S/C16H15ClN2O2/c1-10-11(2)21-16(14(10)9-18)19-15(20)8-5-12-3-6-13(17)7-4-12/h3-4,6-7H,5,8H2,1-2H3,(H,19,20). The van der Waals surface area contributed by atoms with E-state index in [2.05, 4.69) is 5.32 Å². The zero-order valence-corrected chi connectivity index (χ0v) is 12.6. The average molecular weight is 303 g/mol. The third-order valence-corrected chi connectivity index (χ3v) is 3.56. The molecule has 0 aliphatic rings. The zero-order valence-electron chi connectivity index (χ0n) is 11.9. The summed E-state index contributed by atoms with van der Waals surface area (Å²) in [6, 6.07) is 9.41. The molecule has 0 aliphatic carbocycles. The van der Waals surface area contributed by atoms with Crippen LogP contribution in [-0.2, 0) is 11.2 Å². The van der Waals surface area contributed by atoms with Gasteiger partial charge < -0.3 is 4.42 Å². The van der Waals surface area contributed by atoms with Crippen molar-refractivity contribution in [1.29, 1.82) is 5.26 Å². The Bertz CT molecular complexity index is 696. The number of rotatable bonds is 4. The molecule has 4 nitrogen and oxygen atoms in total. The zero-order chi connectivity index (χ0) is 15.4. The van der Waals surface area contributed by atoms with Crippen LogP contribution < -0.4 is 5.32 Å². The highest BCUT2D eigenvalue weighted by atomic mass is 35.5. The summed E-state index contributed by atoms with van der Waals surface area (Å²) in [6.07, 6.45) is 0.912. The molecular weight excluding hydrogens is 288 g/mol. The summed E-state index contributed by atoms with van der Waals surface area (Å²) >= 11 is 5.81. The van der Waals surface area contributed by atoms with Crippen molar-refractivity contribution in [2.24, 2.45) is 0 Å². The predicted molar refractivity (Wildman–Crippen MR) is 81.3 cm³/mol. The number of nitrogens with one attached hydrogen (secondary N) is 1. The molecule has 2 aromatic rings. The molecule has 0 saturated carbocycles. The Morgan fingerprint density at radius 3 is 2.62 bits per heavy atom. The van der Waals surface area contributed by atoms with Crippen molar-refractivity contribution < 1.29 is 9.21 Å². The number of anilines is 1. The molecule has 0 radical (unpaired) electrons. The second-order valence-corrected chi connectivity index (χ2v) is 5.21. The molecule has 1 aromatic heterocycles. The minimum atomic E-state index is -0.185. The maximum Gasteiger partial charge on any atom is 0.227 e. The SMILES string of the molecule is Cc1oc(NC(=O)CCc2ccc(Cl)cc2)c(C#N)c1C. The van der Waals surface area contributed by atoms with Crippen LogP contribution in [0, 0.1) is 25.2 Å². The molecule has 1 heterocycles. The van der Waals surface area contributed by atoms with Gasteiger partial charge in [0.15, 0.2) is 0 Å². The Labute approximate surface area is 128 Å². The van der Waals surface area contributed by atoms with Gasteiger partial charge in [0.2, 0.25) is 11.8 Å². The van der Waals surface area contributed by atoms with Gasteiger partial charge in [-0.2, -0.15) is 5.26 Å². The second-order valence-electron chi connectivity index (χ2n) is 4.77. The van der Waals surface area contributed by atoms with Crippen molar-refractivity contribution in [3.63, 3.8) is 0 Å². The van der Waals surface area contributed by atoms with Crippen molar-refractivity contribution in [2.45, 2.75) is 26.7 Å². The summed E-state index contributed by atoms with van der Waals surface area (Å²) < 4.78 is 5.40. The van der Waals surface area contributed by atoms with Crippen molar-refractivity contribution in [3.8, 4) is 6.07 Å². The smallest absolute Gasteiger partial charge is 0.227 e. The Morgan fingerprint density at radius 2 is 2.00 bits per heavy atom. The summed E-state index contributed by atoms with van der Waals surface area (Å²) in [5.41, 5.74) is 2.17. The number of amides is 1. The number of carbonyl (C=O) groups excluding carboxylic acids is 1. The van der Waals surface area contributed by atoms with Gasteiger partial charge in [-0.1, -0.05) is 23.7 Å². The van der Waals surface area contributed by atoms with E-state index in [1.54, 1.807) is 26.0 Å². The van der Waals surface area contributed by atoms with Crippen LogP contribution in [0.4, 0.5) is 5.88 Å². The lowest BCUT2D eigenvalue weighted by atomic mass is 10.1. The fraction of sp³-hybridized carbons (Fsp3) is 0.250. The van der Waals surface area contributed by atoms with Crippen LogP contribution >= 0.6 is 11.6 Å². The van der Waals surface area contributed by atoms with Gasteiger partial charge in [-0.15, -0.1) is 0 Å². The fourth-order valence-electron chi connectivity index (χ4n) is 1.95. The van der Waals surface area contributed by atoms with E-state index in [1.165, 1.54) is 0 Å². The number of hydrogen-bond donors (Lipinski definition) is 1. The molecule has 0 aliphatic heterocycles. The van der Waals surface area contributed by atoms with Gasteiger partial charge in [-0.05, 0) is 38.0 Å². The van der Waals surface area contributed by atoms with Crippen LogP contribution in [0.3, 0.4) is 0 Å². The van der Waals surface area contributed by atoms with Gasteiger partial charge in [0.25, 0.3) is 0 Å². The Balaban J connectivity index is 1.98. The van der Waals surface area contributed by atoms with E-state index in [-0.39, 0.29) is 11.8 Å². The molecule has 0 unspecified atom stereocenters. The van der Waals surface area contributed by atoms with Gasteiger partial charge in [-0.25, -0.2) is 0 Å². The number of hydrogen-bond acceptors (Lipinski definition) is 3. The first kappa shape index (κ1) is 15.1. The van der Waals surface area contributed by atoms with Crippen LogP contribution in [0.25, 0.3) is 0 Å². The number of benzene rings is 1. The summed E-state index contributed by atoms with van der Waals surface area (Å²) in [6.45, 7) is 3.56. The van der Waals surface area contributed by atoms with Crippen LogP contribution in [0.1, 0.15) is 28.9 Å². The van der Waals surface area contributed by atoms with Crippen molar-refractivity contribution >= 4 is 23.4 Å². The maximum absolute atomic E-state index is 11.9. The summed E-state index contributed by atoms with van der Waals surface area (Å²) in [4.78, 5) is 11.9. The first-order chi connectivity index (χ1) is 10.0. The number of halogens is 1. The number of nitrogens with zero attached hydrogens (tertiary/aromatic N) is 1. The van der Waals surface area contributed by atoms with Gasteiger partial charge in [0.05, 0.1) is 0 Å². The van der Waals surface area contributed by atoms with E-state index < -0.39 is 0 Å². The molecule has 0 saturated heterocycles. The Kier molecular flexibility index (Phi) is 4.66. The lowest BCUT2D eigenvalue weighted by Gasteiger charge is -2.03. The highest BCUT2D eigenvalue weighted by Crippen LogP contribution is 2.25. The Morgan fingerprint density at radius 1 is 1.33 bits per heavy atom. The molecule has 5 heteroatoms. The van der Waals surface area contributed by atoms with Crippen molar-refractivity contribution in [1.82, 2.24) is 0 Å². The molecule has 2 rings (SSSR count). The van der Waals surface area contributed by atoms with Gasteiger partial charge in [-0.3, -0.25) is 10.1 Å². The number of carbonyl (C=O) groups is 1. The molecule has 0 spiro atoms. The maximum atomic E-state index is 11.9. The third-order valence-electron chi connectivity index (χ3n) is 3.30. The highest BCUT2D eigenvalue weighted by Gasteiger charge is 2.16. The van der Waals surface area contributed by atoms with Crippen molar-refractivity contribution in [3.05, 3.63) is 51.7 Å². The molecule has 21 heavy (non-hydrogen) atoms. The monoisotopic (exact) mass is 302 g/mol. The predicted octanol–water partition coefficient (Wildman–Crippen LogP) is 3.99. The van der Waals surface area contributed by atoms with E-state index in [0.717, 1.165) is 11.1 Å².